The van der Waals surface area contributed by atoms with Gasteiger partial charge in [-0.1, -0.05) is 13.3 Å². The number of nitrogens with zero attached hydrogens (tertiary/aromatic N) is 1. The average molecular weight is 224 g/mol. The van der Waals surface area contributed by atoms with Gasteiger partial charge in [-0.15, -0.1) is 0 Å². The molecule has 1 aliphatic carbocycles. The van der Waals surface area contributed by atoms with Crippen molar-refractivity contribution < 1.29 is 0 Å². The van der Waals surface area contributed by atoms with Crippen LogP contribution < -0.4 is 5.73 Å². The molecule has 2 nitrogen and oxygen atoms in total. The first-order valence-corrected chi connectivity index (χ1v) is 7.12. The second kappa shape index (κ2) is 4.66. The van der Waals surface area contributed by atoms with E-state index in [0.29, 0.717) is 17.6 Å². The van der Waals surface area contributed by atoms with E-state index in [1.54, 1.807) is 0 Å². The zero-order valence-electron chi connectivity index (χ0n) is 11.2. The van der Waals surface area contributed by atoms with Gasteiger partial charge in [-0.25, -0.2) is 0 Å². The minimum absolute atomic E-state index is 0.361. The summed E-state index contributed by atoms with van der Waals surface area (Å²) in [5.41, 5.74) is 6.78. The van der Waals surface area contributed by atoms with E-state index in [1.165, 1.54) is 45.1 Å². The fourth-order valence-electron chi connectivity index (χ4n) is 4.00. The number of nitrogens with two attached hydrogens (primary N) is 1. The third kappa shape index (κ3) is 1.91. The molecule has 2 aliphatic rings. The highest BCUT2D eigenvalue weighted by Gasteiger charge is 2.49. The summed E-state index contributed by atoms with van der Waals surface area (Å²) >= 11 is 0. The first-order chi connectivity index (χ1) is 7.60. The summed E-state index contributed by atoms with van der Waals surface area (Å²) in [5, 5.41) is 0. The van der Waals surface area contributed by atoms with Crippen molar-refractivity contribution in [3.63, 3.8) is 0 Å². The smallest absolute Gasteiger partial charge is 0.0363 e. The highest BCUT2D eigenvalue weighted by atomic mass is 15.3. The zero-order chi connectivity index (χ0) is 11.8. The van der Waals surface area contributed by atoms with Crippen molar-refractivity contribution in [1.82, 2.24) is 4.90 Å². The maximum atomic E-state index is 6.42. The maximum Gasteiger partial charge on any atom is 0.0363 e. The van der Waals surface area contributed by atoms with E-state index >= 15 is 0 Å². The van der Waals surface area contributed by atoms with Gasteiger partial charge in [-0.3, -0.25) is 4.90 Å². The Labute approximate surface area is 101 Å². The molecular weight excluding hydrogens is 196 g/mol. The van der Waals surface area contributed by atoms with E-state index < -0.39 is 0 Å². The van der Waals surface area contributed by atoms with Crippen LogP contribution in [0.3, 0.4) is 0 Å². The van der Waals surface area contributed by atoms with Crippen LogP contribution in [-0.2, 0) is 0 Å². The highest BCUT2D eigenvalue weighted by Crippen LogP contribution is 2.44. The van der Waals surface area contributed by atoms with Gasteiger partial charge in [0.25, 0.3) is 0 Å². The van der Waals surface area contributed by atoms with Crippen LogP contribution in [0.2, 0.25) is 0 Å². The lowest BCUT2D eigenvalue weighted by Crippen LogP contribution is -2.57. The van der Waals surface area contributed by atoms with Crippen molar-refractivity contribution in [3.05, 3.63) is 0 Å². The predicted molar refractivity (Wildman–Crippen MR) is 69.4 cm³/mol. The monoisotopic (exact) mass is 224 g/mol. The molecule has 0 bridgehead atoms. The van der Waals surface area contributed by atoms with Crippen molar-refractivity contribution >= 4 is 0 Å². The van der Waals surface area contributed by atoms with Gasteiger partial charge in [0, 0.05) is 24.2 Å². The molecule has 1 aliphatic heterocycles. The number of rotatable bonds is 2. The Balaban J connectivity index is 2.10. The molecule has 2 rings (SSSR count). The highest BCUT2D eigenvalue weighted by molar-refractivity contribution is 5.07. The maximum absolute atomic E-state index is 6.42. The van der Waals surface area contributed by atoms with Gasteiger partial charge in [-0.2, -0.15) is 0 Å². The van der Waals surface area contributed by atoms with Crippen molar-refractivity contribution in [2.24, 2.45) is 11.7 Å². The fourth-order valence-corrected chi connectivity index (χ4v) is 4.00. The first kappa shape index (κ1) is 12.4. The molecule has 1 atom stereocenters. The van der Waals surface area contributed by atoms with Gasteiger partial charge < -0.3 is 5.73 Å². The van der Waals surface area contributed by atoms with Gasteiger partial charge in [-0.05, 0) is 51.9 Å². The van der Waals surface area contributed by atoms with Gasteiger partial charge in [0.05, 0.1) is 0 Å². The summed E-state index contributed by atoms with van der Waals surface area (Å²) in [4.78, 5) is 2.70. The molecule has 1 saturated heterocycles. The molecule has 1 saturated carbocycles. The van der Waals surface area contributed by atoms with Crippen LogP contribution in [0.5, 0.6) is 0 Å². The summed E-state index contributed by atoms with van der Waals surface area (Å²) in [5.74, 6) is 0.965. The van der Waals surface area contributed by atoms with Gasteiger partial charge >= 0.3 is 0 Å². The first-order valence-electron chi connectivity index (χ1n) is 7.12. The van der Waals surface area contributed by atoms with Crippen molar-refractivity contribution in [2.45, 2.75) is 76.9 Å². The third-order valence-corrected chi connectivity index (χ3v) is 5.11. The fraction of sp³-hybridized carbons (Fsp3) is 1.00. The van der Waals surface area contributed by atoms with E-state index in [9.17, 15) is 0 Å². The molecule has 0 aromatic heterocycles. The topological polar surface area (TPSA) is 29.3 Å². The molecular formula is C14H28N2. The standard InChI is InChI=1S/C14H28N2/c1-4-12-5-8-14(9-6-12)13(15)7-10-16(14)11(2)3/h11-13H,4-10,15H2,1-3H3. The average Bonchev–Trinajstić information content (AvgIpc) is 2.58. The van der Waals surface area contributed by atoms with E-state index in [1.807, 2.05) is 0 Å². The molecule has 0 aromatic rings. The van der Waals surface area contributed by atoms with E-state index in [2.05, 4.69) is 25.7 Å². The number of hydrogen-bond acceptors (Lipinski definition) is 2. The zero-order valence-corrected chi connectivity index (χ0v) is 11.2. The Hall–Kier alpha value is -0.0800. The SMILES string of the molecule is CCC1CCC2(CC1)C(N)CCN2C(C)C. The molecule has 0 radical (unpaired) electrons. The van der Waals surface area contributed by atoms with Crippen LogP contribution in [0, 0.1) is 5.92 Å². The Morgan fingerprint density at radius 1 is 1.25 bits per heavy atom. The van der Waals surface area contributed by atoms with Crippen LogP contribution in [0.15, 0.2) is 0 Å². The van der Waals surface area contributed by atoms with Gasteiger partial charge in [0.2, 0.25) is 0 Å². The van der Waals surface area contributed by atoms with Crippen LogP contribution in [0.1, 0.15) is 59.3 Å². The molecule has 1 unspecified atom stereocenters. The summed E-state index contributed by atoms with van der Waals surface area (Å²) in [6.07, 6.45) is 8.03. The molecule has 0 amide bonds. The molecule has 94 valence electrons. The Morgan fingerprint density at radius 2 is 1.88 bits per heavy atom. The van der Waals surface area contributed by atoms with Gasteiger partial charge in [0.1, 0.15) is 0 Å². The Kier molecular flexibility index (Phi) is 3.60. The lowest BCUT2D eigenvalue weighted by molar-refractivity contribution is 0.0394. The summed E-state index contributed by atoms with van der Waals surface area (Å²) < 4.78 is 0. The number of likely N-dealkylation sites (tertiary alicyclic amines) is 1. The van der Waals surface area contributed by atoms with Crippen molar-refractivity contribution in [3.8, 4) is 0 Å². The number of hydrogen-bond donors (Lipinski definition) is 1. The van der Waals surface area contributed by atoms with E-state index in [0.717, 1.165) is 5.92 Å². The largest absolute Gasteiger partial charge is 0.326 e. The summed E-state index contributed by atoms with van der Waals surface area (Å²) in [6.45, 7) is 8.20. The summed E-state index contributed by atoms with van der Waals surface area (Å²) in [7, 11) is 0. The summed E-state index contributed by atoms with van der Waals surface area (Å²) in [6, 6.07) is 1.08. The third-order valence-electron chi connectivity index (χ3n) is 5.11. The molecule has 0 aromatic carbocycles. The second-order valence-electron chi connectivity index (χ2n) is 6.14. The van der Waals surface area contributed by atoms with E-state index in [-0.39, 0.29) is 0 Å². The Morgan fingerprint density at radius 3 is 2.38 bits per heavy atom. The minimum atomic E-state index is 0.361. The molecule has 2 fully saturated rings. The minimum Gasteiger partial charge on any atom is -0.326 e. The molecule has 16 heavy (non-hydrogen) atoms. The van der Waals surface area contributed by atoms with Crippen LogP contribution in [0.25, 0.3) is 0 Å². The normalized spacial score (nSPS) is 41.1. The predicted octanol–water partition coefficient (Wildman–Crippen LogP) is 2.77. The molecule has 2 N–H and O–H groups in total. The molecule has 2 heteroatoms. The van der Waals surface area contributed by atoms with E-state index in [4.69, 9.17) is 5.73 Å². The van der Waals surface area contributed by atoms with Gasteiger partial charge in [0.15, 0.2) is 0 Å². The lowest BCUT2D eigenvalue weighted by atomic mass is 9.72. The lowest BCUT2D eigenvalue weighted by Gasteiger charge is -2.48. The van der Waals surface area contributed by atoms with Crippen LogP contribution in [-0.4, -0.2) is 29.1 Å². The van der Waals surface area contributed by atoms with Crippen LogP contribution in [0.4, 0.5) is 0 Å². The second-order valence-corrected chi connectivity index (χ2v) is 6.14. The quantitative estimate of drug-likeness (QED) is 0.781. The molecule has 1 spiro atoms. The van der Waals surface area contributed by atoms with Crippen molar-refractivity contribution in [2.75, 3.05) is 6.54 Å². The van der Waals surface area contributed by atoms with Crippen LogP contribution >= 0.6 is 0 Å². The molecule has 1 heterocycles. The van der Waals surface area contributed by atoms with Crippen molar-refractivity contribution in [1.29, 1.82) is 0 Å². The Bertz CT molecular complexity index is 229.